The van der Waals surface area contributed by atoms with E-state index >= 15 is 0 Å². The van der Waals surface area contributed by atoms with E-state index in [9.17, 15) is 9.90 Å². The largest absolute Gasteiger partial charge is 0.384 e. The summed E-state index contributed by atoms with van der Waals surface area (Å²) in [6.45, 7) is 2.48. The molecule has 1 aliphatic rings. The Hall–Kier alpha value is -2.47. The van der Waals surface area contributed by atoms with Gasteiger partial charge < -0.3 is 14.9 Å². The number of amides is 1. The quantitative estimate of drug-likeness (QED) is 0.925. The molecule has 6 nitrogen and oxygen atoms in total. The van der Waals surface area contributed by atoms with Crippen LogP contribution >= 0.6 is 0 Å². The molecule has 0 saturated carbocycles. The molecule has 0 spiro atoms. The van der Waals surface area contributed by atoms with E-state index in [1.54, 1.807) is 4.90 Å². The van der Waals surface area contributed by atoms with E-state index in [0.717, 1.165) is 22.6 Å². The molecule has 1 aliphatic heterocycles. The molecule has 2 heterocycles. The third-order valence-corrected chi connectivity index (χ3v) is 4.17. The molecule has 0 bridgehead atoms. The monoisotopic (exact) mass is 326 g/mol. The summed E-state index contributed by atoms with van der Waals surface area (Å²) in [6, 6.07) is 9.82. The lowest BCUT2D eigenvalue weighted by Crippen LogP contribution is -2.42. The van der Waals surface area contributed by atoms with Gasteiger partial charge in [0.25, 0.3) is 5.91 Å². The Morgan fingerprint density at radius 3 is 2.58 bits per heavy atom. The van der Waals surface area contributed by atoms with Crippen LogP contribution in [-0.2, 0) is 17.8 Å². The van der Waals surface area contributed by atoms with Gasteiger partial charge in [-0.05, 0) is 13.3 Å². The van der Waals surface area contributed by atoms with Crippen molar-refractivity contribution in [1.82, 2.24) is 14.9 Å². The van der Waals surface area contributed by atoms with E-state index in [-0.39, 0.29) is 5.91 Å². The van der Waals surface area contributed by atoms with Gasteiger partial charge in [0.05, 0.1) is 12.2 Å². The van der Waals surface area contributed by atoms with E-state index in [1.807, 2.05) is 49.3 Å². The normalized spacial score (nSPS) is 14.9. The lowest BCUT2D eigenvalue weighted by molar-refractivity contribution is -0.140. The number of benzene rings is 1. The zero-order valence-electron chi connectivity index (χ0n) is 14.2. The van der Waals surface area contributed by atoms with Crippen LogP contribution in [0, 0.1) is 0 Å². The van der Waals surface area contributed by atoms with Gasteiger partial charge in [-0.25, -0.2) is 9.97 Å². The summed E-state index contributed by atoms with van der Waals surface area (Å²) in [4.78, 5) is 25.2. The molecule has 0 fully saturated rings. The van der Waals surface area contributed by atoms with Gasteiger partial charge in [-0.1, -0.05) is 30.3 Å². The van der Waals surface area contributed by atoms with Crippen LogP contribution in [0.2, 0.25) is 0 Å². The van der Waals surface area contributed by atoms with Gasteiger partial charge >= 0.3 is 0 Å². The predicted molar refractivity (Wildman–Crippen MR) is 92.6 cm³/mol. The summed E-state index contributed by atoms with van der Waals surface area (Å²) in [5.74, 6) is 1.29. The van der Waals surface area contributed by atoms with Crippen LogP contribution in [-0.4, -0.2) is 52.6 Å². The number of carbonyl (C=O) groups is 1. The molecule has 1 atom stereocenters. The van der Waals surface area contributed by atoms with E-state index in [1.165, 1.54) is 6.92 Å². The first-order valence-electron chi connectivity index (χ1n) is 8.06. The fourth-order valence-corrected chi connectivity index (χ4v) is 2.95. The van der Waals surface area contributed by atoms with Crippen LogP contribution in [0.3, 0.4) is 0 Å². The number of hydrogen-bond acceptors (Lipinski definition) is 5. The summed E-state index contributed by atoms with van der Waals surface area (Å²) < 4.78 is 0. The SMILES string of the molecule is C[C@H](O)C(=O)N1CCc2c(nc(-c3ccccc3)nc2N(C)C)C1. The molecule has 0 unspecified atom stereocenters. The predicted octanol–water partition coefficient (Wildman–Crippen LogP) is 1.48. The molecular weight excluding hydrogens is 304 g/mol. The number of anilines is 1. The highest BCUT2D eigenvalue weighted by molar-refractivity contribution is 5.80. The molecule has 0 saturated heterocycles. The molecule has 6 heteroatoms. The molecule has 1 aromatic heterocycles. The molecular formula is C18H22N4O2. The summed E-state index contributed by atoms with van der Waals surface area (Å²) in [7, 11) is 3.93. The minimum Gasteiger partial charge on any atom is -0.384 e. The highest BCUT2D eigenvalue weighted by Gasteiger charge is 2.27. The molecule has 1 N–H and O–H groups in total. The first-order chi connectivity index (χ1) is 11.5. The molecule has 3 rings (SSSR count). The van der Waals surface area contributed by atoms with Crippen LogP contribution in [0.25, 0.3) is 11.4 Å². The van der Waals surface area contributed by atoms with Gasteiger partial charge in [0.2, 0.25) is 0 Å². The van der Waals surface area contributed by atoms with E-state index < -0.39 is 6.10 Å². The van der Waals surface area contributed by atoms with Crippen molar-refractivity contribution in [3.05, 3.63) is 41.6 Å². The van der Waals surface area contributed by atoms with Gasteiger partial charge in [-0.2, -0.15) is 0 Å². The number of aromatic nitrogens is 2. The van der Waals surface area contributed by atoms with Gasteiger partial charge in [0, 0.05) is 31.8 Å². The van der Waals surface area contributed by atoms with Crippen molar-refractivity contribution in [2.75, 3.05) is 25.5 Å². The molecule has 0 aliphatic carbocycles. The van der Waals surface area contributed by atoms with Crippen molar-refractivity contribution < 1.29 is 9.90 Å². The average molecular weight is 326 g/mol. The topological polar surface area (TPSA) is 69.6 Å². The lowest BCUT2D eigenvalue weighted by Gasteiger charge is -2.31. The number of carbonyl (C=O) groups excluding carboxylic acids is 1. The number of fused-ring (bicyclic) bond motifs is 1. The fourth-order valence-electron chi connectivity index (χ4n) is 2.95. The van der Waals surface area contributed by atoms with Crippen LogP contribution in [0.5, 0.6) is 0 Å². The highest BCUT2D eigenvalue weighted by Crippen LogP contribution is 2.28. The summed E-state index contributed by atoms with van der Waals surface area (Å²) >= 11 is 0. The van der Waals surface area contributed by atoms with Gasteiger partial charge in [0.15, 0.2) is 5.82 Å². The van der Waals surface area contributed by atoms with Crippen molar-refractivity contribution in [3.8, 4) is 11.4 Å². The zero-order chi connectivity index (χ0) is 17.3. The molecule has 126 valence electrons. The lowest BCUT2D eigenvalue weighted by atomic mass is 10.0. The Balaban J connectivity index is 2.04. The van der Waals surface area contributed by atoms with E-state index in [0.29, 0.717) is 25.3 Å². The first-order valence-corrected chi connectivity index (χ1v) is 8.06. The second-order valence-corrected chi connectivity index (χ2v) is 6.24. The number of rotatable bonds is 3. The maximum atomic E-state index is 12.1. The smallest absolute Gasteiger partial charge is 0.251 e. The van der Waals surface area contributed by atoms with E-state index in [4.69, 9.17) is 9.97 Å². The maximum absolute atomic E-state index is 12.1. The molecule has 0 radical (unpaired) electrons. The fraction of sp³-hybridized carbons (Fsp3) is 0.389. The molecule has 2 aromatic rings. The first kappa shape index (κ1) is 16.4. The Morgan fingerprint density at radius 2 is 1.96 bits per heavy atom. The standard InChI is InChI=1S/C18H22N4O2/c1-12(23)18(24)22-10-9-14-15(11-22)19-16(20-17(14)21(2)3)13-7-5-4-6-8-13/h4-8,12,23H,9-11H2,1-3H3/t12-/m0/s1. The minimum atomic E-state index is -0.990. The number of nitrogens with zero attached hydrogens (tertiary/aromatic N) is 4. The van der Waals surface area contributed by atoms with Crippen molar-refractivity contribution in [3.63, 3.8) is 0 Å². The van der Waals surface area contributed by atoms with Crippen molar-refractivity contribution in [1.29, 1.82) is 0 Å². The van der Waals surface area contributed by atoms with Crippen LogP contribution in [0.1, 0.15) is 18.2 Å². The molecule has 24 heavy (non-hydrogen) atoms. The van der Waals surface area contributed by atoms with Gasteiger partial charge in [0.1, 0.15) is 11.9 Å². The average Bonchev–Trinajstić information content (AvgIpc) is 2.60. The van der Waals surface area contributed by atoms with Crippen LogP contribution in [0.15, 0.2) is 30.3 Å². The minimum absolute atomic E-state index is 0.257. The summed E-state index contributed by atoms with van der Waals surface area (Å²) in [5, 5.41) is 9.56. The third kappa shape index (κ3) is 3.10. The molecule has 1 amide bonds. The van der Waals surface area contributed by atoms with E-state index in [2.05, 4.69) is 0 Å². The Kier molecular flexibility index (Phi) is 4.49. The van der Waals surface area contributed by atoms with Crippen molar-refractivity contribution in [2.45, 2.75) is 26.0 Å². The second-order valence-electron chi connectivity index (χ2n) is 6.24. The van der Waals surface area contributed by atoms with Crippen molar-refractivity contribution in [2.24, 2.45) is 0 Å². The van der Waals surface area contributed by atoms with Crippen molar-refractivity contribution >= 4 is 11.7 Å². The summed E-state index contributed by atoms with van der Waals surface area (Å²) in [5.41, 5.74) is 2.88. The number of aliphatic hydroxyl groups is 1. The maximum Gasteiger partial charge on any atom is 0.251 e. The van der Waals surface area contributed by atoms with Gasteiger partial charge in [-0.3, -0.25) is 4.79 Å². The molecule has 1 aromatic carbocycles. The third-order valence-electron chi connectivity index (χ3n) is 4.17. The summed E-state index contributed by atoms with van der Waals surface area (Å²) in [6.07, 6.45) is -0.300. The Labute approximate surface area is 141 Å². The van der Waals surface area contributed by atoms with Crippen LogP contribution in [0.4, 0.5) is 5.82 Å². The number of hydrogen-bond donors (Lipinski definition) is 1. The highest BCUT2D eigenvalue weighted by atomic mass is 16.3. The van der Waals surface area contributed by atoms with Gasteiger partial charge in [-0.15, -0.1) is 0 Å². The number of aliphatic hydroxyl groups excluding tert-OH is 1. The zero-order valence-corrected chi connectivity index (χ0v) is 14.2. The Bertz CT molecular complexity index is 744. The second kappa shape index (κ2) is 6.57. The Morgan fingerprint density at radius 1 is 1.25 bits per heavy atom. The van der Waals surface area contributed by atoms with Crippen LogP contribution < -0.4 is 4.90 Å².